The number of nitrogens with zero attached hydrogens (tertiary/aromatic N) is 6. The average Bonchev–Trinajstić information content (AvgIpc) is 3.10. The van der Waals surface area contributed by atoms with E-state index in [1.807, 2.05) is 47.6 Å². The Hall–Kier alpha value is -5.35. The van der Waals surface area contributed by atoms with Crippen LogP contribution in [0, 0.1) is 0 Å². The number of rotatable bonds is 8. The molecule has 0 spiro atoms. The Kier molecular flexibility index (Phi) is 11.8. The highest BCUT2D eigenvalue weighted by Gasteiger charge is 2.36. The highest BCUT2D eigenvalue weighted by atomic mass is 19.4. The molecule has 54 heavy (non-hydrogen) atoms. The molecule has 2 amide bonds. The normalized spacial score (nSPS) is 15.5. The minimum atomic E-state index is -4.76. The van der Waals surface area contributed by atoms with Crippen LogP contribution in [0.15, 0.2) is 42.6 Å². The fraction of sp³-hybridized carbons (Fsp3) is 0.514. The van der Waals surface area contributed by atoms with Gasteiger partial charge in [0.1, 0.15) is 34.1 Å². The van der Waals surface area contributed by atoms with E-state index in [-0.39, 0.29) is 23.8 Å². The summed E-state index contributed by atoms with van der Waals surface area (Å²) in [5, 5.41) is 5.79. The number of aromatic nitrogens is 2. The lowest BCUT2D eigenvalue weighted by Gasteiger charge is -2.37. The zero-order chi connectivity index (χ0) is 39.4. The van der Waals surface area contributed by atoms with Crippen LogP contribution >= 0.6 is 0 Å². The first kappa shape index (κ1) is 39.8. The monoisotopic (exact) mass is 758 g/mol. The van der Waals surface area contributed by atoms with Crippen molar-refractivity contribution in [1.29, 1.82) is 0 Å². The average molecular weight is 759 g/mol. The van der Waals surface area contributed by atoms with E-state index in [1.165, 1.54) is 14.2 Å². The first-order chi connectivity index (χ1) is 25.3. The summed E-state index contributed by atoms with van der Waals surface area (Å²) < 4.78 is 64.8. The Morgan fingerprint density at radius 2 is 1.09 bits per heavy atom. The molecule has 0 atom stereocenters. The van der Waals surface area contributed by atoms with Gasteiger partial charge in [0.25, 0.3) is 0 Å². The number of benzene rings is 2. The van der Waals surface area contributed by atoms with Crippen molar-refractivity contribution in [1.82, 2.24) is 19.8 Å². The van der Waals surface area contributed by atoms with Crippen LogP contribution in [0.3, 0.4) is 0 Å². The van der Waals surface area contributed by atoms with Crippen molar-refractivity contribution in [2.24, 2.45) is 0 Å². The summed E-state index contributed by atoms with van der Waals surface area (Å²) in [5.41, 5.74) is 0.0800. The van der Waals surface area contributed by atoms with Crippen LogP contribution in [0.4, 0.5) is 57.3 Å². The fourth-order valence-corrected chi connectivity index (χ4v) is 5.90. The summed E-state index contributed by atoms with van der Waals surface area (Å²) in [6.07, 6.45) is -4.77. The smallest absolute Gasteiger partial charge is 0.421 e. The quantitative estimate of drug-likeness (QED) is 0.243. The molecule has 0 radical (unpaired) electrons. The molecule has 0 unspecified atom stereocenters. The second kappa shape index (κ2) is 15.9. The maximum absolute atomic E-state index is 14.2. The number of halogens is 3. The standard InChI is InChI=1S/C37H49F3N8O6/c1-35(2,3)53-33(49)47-17-13-45(14-18-47)24-9-11-27(29(21-24)51-7)42-31-26(37(38,39)40)23-41-32(44-31)43-28-12-10-25(22-30(28)52-8)46-15-19-48(20-16-46)34(50)54-36(4,5)6/h9-12,21-23H,13-20H2,1-8H3,(H2,41,42,43,44). The number of anilines is 6. The summed E-state index contributed by atoms with van der Waals surface area (Å²) in [6, 6.07) is 10.5. The van der Waals surface area contributed by atoms with Crippen molar-refractivity contribution in [2.75, 3.05) is 87.0 Å². The van der Waals surface area contributed by atoms with Crippen molar-refractivity contribution in [3.63, 3.8) is 0 Å². The molecule has 2 aromatic carbocycles. The first-order valence-electron chi connectivity index (χ1n) is 17.6. The Morgan fingerprint density at radius 1 is 0.667 bits per heavy atom. The number of hydrogen-bond acceptors (Lipinski definition) is 12. The van der Waals surface area contributed by atoms with Crippen molar-refractivity contribution in [3.05, 3.63) is 48.2 Å². The van der Waals surface area contributed by atoms with Gasteiger partial charge in [-0.15, -0.1) is 0 Å². The van der Waals surface area contributed by atoms with E-state index >= 15 is 0 Å². The molecule has 5 rings (SSSR count). The van der Waals surface area contributed by atoms with Crippen LogP contribution in [-0.4, -0.2) is 110 Å². The Balaban J connectivity index is 1.29. The molecule has 2 fully saturated rings. The molecule has 3 aromatic rings. The lowest BCUT2D eigenvalue weighted by atomic mass is 10.2. The van der Waals surface area contributed by atoms with Crippen LogP contribution in [0.25, 0.3) is 0 Å². The molecular formula is C37H49F3N8O6. The van der Waals surface area contributed by atoms with Crippen LogP contribution in [-0.2, 0) is 15.7 Å². The van der Waals surface area contributed by atoms with Gasteiger partial charge >= 0.3 is 18.4 Å². The van der Waals surface area contributed by atoms with Crippen LogP contribution in [0.5, 0.6) is 11.5 Å². The molecule has 2 N–H and O–H groups in total. The molecular weight excluding hydrogens is 709 g/mol. The Morgan fingerprint density at radius 3 is 1.48 bits per heavy atom. The number of methoxy groups -OCH3 is 2. The number of carbonyl (C=O) groups excluding carboxylic acids is 2. The van der Waals surface area contributed by atoms with Gasteiger partial charge in [-0.05, 0) is 65.8 Å². The van der Waals surface area contributed by atoms with Crippen LogP contribution < -0.4 is 29.9 Å². The van der Waals surface area contributed by atoms with Crippen molar-refractivity contribution in [3.8, 4) is 11.5 Å². The van der Waals surface area contributed by atoms with Gasteiger partial charge in [0.15, 0.2) is 0 Å². The van der Waals surface area contributed by atoms with Gasteiger partial charge in [-0.2, -0.15) is 18.2 Å². The Labute approximate surface area is 313 Å². The number of alkyl halides is 3. The summed E-state index contributed by atoms with van der Waals surface area (Å²) in [5.74, 6) is 0.146. The molecule has 0 aliphatic carbocycles. The van der Waals surface area contributed by atoms with Gasteiger partial charge in [-0.1, -0.05) is 0 Å². The number of piperazine rings is 2. The van der Waals surface area contributed by atoms with Crippen LogP contribution in [0.1, 0.15) is 47.1 Å². The molecule has 2 aliphatic rings. The van der Waals surface area contributed by atoms with Crippen molar-refractivity contribution in [2.45, 2.75) is 58.9 Å². The predicted molar refractivity (Wildman–Crippen MR) is 200 cm³/mol. The van der Waals surface area contributed by atoms with E-state index in [0.29, 0.717) is 75.7 Å². The summed E-state index contributed by atoms with van der Waals surface area (Å²) in [6.45, 7) is 15.0. The SMILES string of the molecule is COc1cc(N2CCN(C(=O)OC(C)(C)C)CC2)ccc1Nc1ncc(C(F)(F)F)c(Nc2ccc(N3CCN(C(=O)OC(C)(C)C)CC3)cc2OC)n1. The third-order valence-electron chi connectivity index (χ3n) is 8.56. The largest absolute Gasteiger partial charge is 0.494 e. The topological polar surface area (TPSA) is 134 Å². The van der Waals surface area contributed by atoms with Gasteiger partial charge in [0.05, 0.1) is 25.6 Å². The molecule has 1 aromatic heterocycles. The van der Waals surface area contributed by atoms with Gasteiger partial charge in [0.2, 0.25) is 5.95 Å². The van der Waals surface area contributed by atoms with E-state index in [1.54, 1.807) is 40.1 Å². The van der Waals surface area contributed by atoms with Gasteiger partial charge < -0.3 is 49.2 Å². The molecule has 0 saturated carbocycles. The highest BCUT2D eigenvalue weighted by Crippen LogP contribution is 2.39. The molecule has 3 heterocycles. The van der Waals surface area contributed by atoms with Gasteiger partial charge in [0, 0.05) is 82.1 Å². The van der Waals surface area contributed by atoms with E-state index in [0.717, 1.165) is 11.4 Å². The third-order valence-corrected chi connectivity index (χ3v) is 8.56. The van der Waals surface area contributed by atoms with E-state index < -0.39 is 28.8 Å². The molecule has 0 bridgehead atoms. The van der Waals surface area contributed by atoms with E-state index in [2.05, 4.69) is 30.4 Å². The van der Waals surface area contributed by atoms with Crippen molar-refractivity contribution < 1.29 is 41.7 Å². The fourth-order valence-electron chi connectivity index (χ4n) is 5.90. The molecule has 14 nitrogen and oxygen atoms in total. The third kappa shape index (κ3) is 10.2. The Bertz CT molecular complexity index is 1800. The zero-order valence-corrected chi connectivity index (χ0v) is 32.0. The predicted octanol–water partition coefficient (Wildman–Crippen LogP) is 7.11. The second-order valence-electron chi connectivity index (χ2n) is 14.9. The first-order valence-corrected chi connectivity index (χ1v) is 17.6. The minimum Gasteiger partial charge on any atom is -0.494 e. The number of hydrogen-bond donors (Lipinski definition) is 2. The molecule has 17 heteroatoms. The number of carbonyl (C=O) groups is 2. The van der Waals surface area contributed by atoms with Crippen LogP contribution in [0.2, 0.25) is 0 Å². The lowest BCUT2D eigenvalue weighted by molar-refractivity contribution is -0.137. The summed E-state index contributed by atoms with van der Waals surface area (Å²) in [7, 11) is 2.92. The lowest BCUT2D eigenvalue weighted by Crippen LogP contribution is -2.50. The molecule has 2 saturated heterocycles. The van der Waals surface area contributed by atoms with E-state index in [9.17, 15) is 22.8 Å². The molecule has 294 valence electrons. The molecule has 2 aliphatic heterocycles. The zero-order valence-electron chi connectivity index (χ0n) is 32.0. The maximum Gasteiger partial charge on any atom is 0.421 e. The number of nitrogens with one attached hydrogen (secondary N) is 2. The summed E-state index contributed by atoms with van der Waals surface area (Å²) >= 11 is 0. The number of ether oxygens (including phenoxy) is 4. The van der Waals surface area contributed by atoms with Crippen molar-refractivity contribution >= 4 is 46.7 Å². The highest BCUT2D eigenvalue weighted by molar-refractivity contribution is 5.74. The van der Waals surface area contributed by atoms with E-state index in [4.69, 9.17) is 18.9 Å². The maximum atomic E-state index is 14.2. The van der Waals surface area contributed by atoms with Gasteiger partial charge in [-0.3, -0.25) is 0 Å². The van der Waals surface area contributed by atoms with Gasteiger partial charge in [-0.25, -0.2) is 14.6 Å². The number of amides is 2. The summed E-state index contributed by atoms with van der Waals surface area (Å²) in [4.78, 5) is 40.7. The minimum absolute atomic E-state index is 0.0963. The second-order valence-corrected chi connectivity index (χ2v) is 14.9.